The molecule has 0 aliphatic carbocycles. The molecule has 0 bridgehead atoms. The third kappa shape index (κ3) is 5.82. The molecule has 31 heavy (non-hydrogen) atoms. The Morgan fingerprint density at radius 3 is 2.29 bits per heavy atom. The molecule has 1 saturated heterocycles. The molecule has 1 aliphatic heterocycles. The van der Waals surface area contributed by atoms with E-state index >= 15 is 0 Å². The van der Waals surface area contributed by atoms with Crippen molar-refractivity contribution >= 4 is 11.9 Å². The summed E-state index contributed by atoms with van der Waals surface area (Å²) in [7, 11) is 0. The number of hydrogen-bond donors (Lipinski definition) is 0. The fourth-order valence-corrected chi connectivity index (χ4v) is 3.31. The first kappa shape index (κ1) is 22.3. The van der Waals surface area contributed by atoms with Crippen molar-refractivity contribution in [3.8, 4) is 0 Å². The van der Waals surface area contributed by atoms with Crippen molar-refractivity contribution in [1.29, 1.82) is 0 Å². The normalized spacial score (nSPS) is 25.2. The number of ether oxygens (including phenoxy) is 4. The zero-order valence-electron chi connectivity index (χ0n) is 17.2. The maximum absolute atomic E-state index is 12.8. The van der Waals surface area contributed by atoms with Crippen LogP contribution in [0.1, 0.15) is 29.8 Å². The molecule has 2 aromatic carbocycles. The van der Waals surface area contributed by atoms with Crippen molar-refractivity contribution in [3.05, 3.63) is 82.2 Å². The molecule has 0 unspecified atom stereocenters. The maximum Gasteiger partial charge on any atom is 0.338 e. The third-order valence-electron chi connectivity index (χ3n) is 4.76. The van der Waals surface area contributed by atoms with E-state index in [9.17, 15) is 9.59 Å². The summed E-state index contributed by atoms with van der Waals surface area (Å²) < 4.78 is 22.8. The van der Waals surface area contributed by atoms with E-state index in [0.29, 0.717) is 5.56 Å². The zero-order valence-corrected chi connectivity index (χ0v) is 17.2. The van der Waals surface area contributed by atoms with Crippen molar-refractivity contribution in [1.82, 2.24) is 0 Å². The number of benzene rings is 2. The Morgan fingerprint density at radius 1 is 1.03 bits per heavy atom. The smallest absolute Gasteiger partial charge is 0.338 e. The Balaban J connectivity index is 1.90. The summed E-state index contributed by atoms with van der Waals surface area (Å²) in [4.78, 5) is 27.3. The monoisotopic (exact) mass is 425 g/mol. The summed E-state index contributed by atoms with van der Waals surface area (Å²) in [5.41, 5.74) is 10.2. The van der Waals surface area contributed by atoms with E-state index in [1.165, 1.54) is 6.92 Å². The molecule has 1 aliphatic rings. The Hall–Kier alpha value is -3.39. The minimum Gasteiger partial charge on any atom is -0.455 e. The summed E-state index contributed by atoms with van der Waals surface area (Å²) in [5, 5.41) is 3.77. The second kappa shape index (κ2) is 10.6. The van der Waals surface area contributed by atoms with Crippen LogP contribution >= 0.6 is 0 Å². The quantitative estimate of drug-likeness (QED) is 0.288. The van der Waals surface area contributed by atoms with Gasteiger partial charge in [-0.1, -0.05) is 53.6 Å². The lowest BCUT2D eigenvalue weighted by Gasteiger charge is -2.42. The molecule has 0 amide bonds. The minimum absolute atomic E-state index is 0.142. The van der Waals surface area contributed by atoms with Crippen molar-refractivity contribution in [2.45, 2.75) is 51.1 Å². The van der Waals surface area contributed by atoms with Crippen LogP contribution in [0.15, 0.2) is 65.8 Å². The van der Waals surface area contributed by atoms with Gasteiger partial charge in [0.15, 0.2) is 6.10 Å². The first-order chi connectivity index (χ1) is 15.0. The SMILES string of the molecule is CC(=O)O[C@H]1O[C@H](C)[C@@H](N=[N+]=[N-])[C@H](OC(=O)c2ccccc2)[C@@H]1OCc1ccccc1. The first-order valence-electron chi connectivity index (χ1n) is 9.78. The molecule has 9 heteroatoms. The van der Waals surface area contributed by atoms with Crippen LogP contribution in [0.3, 0.4) is 0 Å². The van der Waals surface area contributed by atoms with Gasteiger partial charge in [0.05, 0.1) is 18.3 Å². The number of hydrogen-bond acceptors (Lipinski definition) is 7. The molecule has 0 radical (unpaired) electrons. The van der Waals surface area contributed by atoms with Gasteiger partial charge in [0, 0.05) is 11.8 Å². The minimum atomic E-state index is -1.14. The average molecular weight is 425 g/mol. The molecule has 1 fully saturated rings. The van der Waals surface area contributed by atoms with Gasteiger partial charge in [-0.25, -0.2) is 4.79 Å². The summed E-state index contributed by atoms with van der Waals surface area (Å²) in [5.74, 6) is -1.20. The van der Waals surface area contributed by atoms with E-state index in [1.54, 1.807) is 37.3 Å². The third-order valence-corrected chi connectivity index (χ3v) is 4.76. The van der Waals surface area contributed by atoms with Crippen LogP contribution < -0.4 is 0 Å². The highest BCUT2D eigenvalue weighted by Gasteiger charge is 2.49. The van der Waals surface area contributed by atoms with E-state index in [-0.39, 0.29) is 6.61 Å². The standard InChI is InChI=1S/C22H23N3O6/c1-14-18(24-25-23)19(31-21(27)17-11-7-4-8-12-17)20(22(29-14)30-15(2)26)28-13-16-9-5-3-6-10-16/h3-12,14,18-20,22H,13H2,1-2H3/t14-,18-,19+,20+,22-/m1/s1. The fourth-order valence-electron chi connectivity index (χ4n) is 3.31. The van der Waals surface area contributed by atoms with Crippen LogP contribution in [0.4, 0.5) is 0 Å². The van der Waals surface area contributed by atoms with Gasteiger partial charge < -0.3 is 18.9 Å². The van der Waals surface area contributed by atoms with Crippen LogP contribution in [-0.2, 0) is 30.3 Å². The molecule has 0 aromatic heterocycles. The van der Waals surface area contributed by atoms with Gasteiger partial charge in [0.1, 0.15) is 12.1 Å². The highest BCUT2D eigenvalue weighted by atomic mass is 16.7. The van der Waals surface area contributed by atoms with Crippen molar-refractivity contribution in [3.63, 3.8) is 0 Å². The number of rotatable bonds is 7. The highest BCUT2D eigenvalue weighted by molar-refractivity contribution is 5.89. The molecule has 3 rings (SSSR count). The summed E-state index contributed by atoms with van der Waals surface area (Å²) in [6.07, 6.45) is -3.88. The second-order valence-corrected chi connectivity index (χ2v) is 7.01. The van der Waals surface area contributed by atoms with Crippen LogP contribution in [0.5, 0.6) is 0 Å². The molecule has 0 N–H and O–H groups in total. The topological polar surface area (TPSA) is 120 Å². The van der Waals surface area contributed by atoms with Crippen molar-refractivity contribution < 1.29 is 28.5 Å². The van der Waals surface area contributed by atoms with E-state index in [2.05, 4.69) is 10.0 Å². The average Bonchev–Trinajstić information content (AvgIpc) is 2.77. The van der Waals surface area contributed by atoms with Gasteiger partial charge in [0.25, 0.3) is 0 Å². The largest absolute Gasteiger partial charge is 0.455 e. The number of esters is 2. The number of carbonyl (C=O) groups excluding carboxylic acids is 2. The lowest BCUT2D eigenvalue weighted by atomic mass is 9.97. The van der Waals surface area contributed by atoms with Gasteiger partial charge in [-0.2, -0.15) is 0 Å². The second-order valence-electron chi connectivity index (χ2n) is 7.01. The van der Waals surface area contributed by atoms with Crippen LogP contribution in [-0.4, -0.2) is 42.6 Å². The summed E-state index contributed by atoms with van der Waals surface area (Å²) >= 11 is 0. The zero-order chi connectivity index (χ0) is 22.2. The van der Waals surface area contributed by atoms with Crippen LogP contribution in [0.2, 0.25) is 0 Å². The fraction of sp³-hybridized carbons (Fsp3) is 0.364. The van der Waals surface area contributed by atoms with Crippen molar-refractivity contribution in [2.75, 3.05) is 0 Å². The molecule has 9 nitrogen and oxygen atoms in total. The molecule has 0 spiro atoms. The summed E-state index contributed by atoms with van der Waals surface area (Å²) in [6, 6.07) is 16.8. The lowest BCUT2D eigenvalue weighted by Crippen LogP contribution is -2.59. The van der Waals surface area contributed by atoms with Gasteiger partial charge in [-0.15, -0.1) is 0 Å². The predicted octanol–water partition coefficient (Wildman–Crippen LogP) is 3.78. The van der Waals surface area contributed by atoms with E-state index < -0.39 is 42.6 Å². The first-order valence-corrected chi connectivity index (χ1v) is 9.78. The van der Waals surface area contributed by atoms with Gasteiger partial charge in [0.2, 0.25) is 6.29 Å². The van der Waals surface area contributed by atoms with Gasteiger partial charge >= 0.3 is 11.9 Å². The molecular weight excluding hydrogens is 402 g/mol. The molecule has 2 aromatic rings. The Morgan fingerprint density at radius 2 is 1.68 bits per heavy atom. The van der Waals surface area contributed by atoms with Crippen LogP contribution in [0, 0.1) is 0 Å². The van der Waals surface area contributed by atoms with Gasteiger partial charge in [-0.3, -0.25) is 4.79 Å². The van der Waals surface area contributed by atoms with E-state index in [1.807, 2.05) is 30.3 Å². The molecular formula is C22H23N3O6. The maximum atomic E-state index is 12.8. The molecule has 1 heterocycles. The van der Waals surface area contributed by atoms with E-state index in [0.717, 1.165) is 5.56 Å². The predicted molar refractivity (Wildman–Crippen MR) is 110 cm³/mol. The summed E-state index contributed by atoms with van der Waals surface area (Å²) in [6.45, 7) is 3.03. The van der Waals surface area contributed by atoms with Gasteiger partial charge in [-0.05, 0) is 30.2 Å². The number of nitrogens with zero attached hydrogens (tertiary/aromatic N) is 3. The van der Waals surface area contributed by atoms with Crippen LogP contribution in [0.25, 0.3) is 10.4 Å². The van der Waals surface area contributed by atoms with E-state index in [4.69, 9.17) is 24.5 Å². The Bertz CT molecular complexity index is 933. The molecule has 0 saturated carbocycles. The molecule has 162 valence electrons. The Labute approximate surface area is 179 Å². The highest BCUT2D eigenvalue weighted by Crippen LogP contribution is 2.30. The van der Waals surface area contributed by atoms with Crippen molar-refractivity contribution in [2.24, 2.45) is 5.11 Å². The Kier molecular flexibility index (Phi) is 7.61. The molecule has 5 atom stereocenters. The number of carbonyl (C=O) groups is 2. The lowest BCUT2D eigenvalue weighted by molar-refractivity contribution is -0.272. The number of azide groups is 1.